The van der Waals surface area contributed by atoms with E-state index in [1.165, 1.54) is 5.56 Å². The molecule has 1 aliphatic rings. The summed E-state index contributed by atoms with van der Waals surface area (Å²) < 4.78 is 10.4. The summed E-state index contributed by atoms with van der Waals surface area (Å²) in [4.78, 5) is 21.6. The molecule has 152 valence electrons. The Balaban J connectivity index is 1.70. The van der Waals surface area contributed by atoms with Gasteiger partial charge < -0.3 is 19.5 Å². The third-order valence-corrected chi connectivity index (χ3v) is 5.05. The Kier molecular flexibility index (Phi) is 6.77. The highest BCUT2D eigenvalue weighted by molar-refractivity contribution is 5.94. The van der Waals surface area contributed by atoms with E-state index in [1.54, 1.807) is 20.2 Å². The number of amides is 1. The van der Waals surface area contributed by atoms with E-state index in [9.17, 15) is 4.79 Å². The summed E-state index contributed by atoms with van der Waals surface area (Å²) in [5.74, 6) is 0.733. The Hall–Kier alpha value is -2.29. The van der Waals surface area contributed by atoms with Crippen LogP contribution >= 0.6 is 0 Å². The number of carbonyl (C=O) groups excluding carboxylic acids is 1. The van der Waals surface area contributed by atoms with Gasteiger partial charge in [0, 0.05) is 57.6 Å². The van der Waals surface area contributed by atoms with E-state index in [-0.39, 0.29) is 11.9 Å². The van der Waals surface area contributed by atoms with Crippen molar-refractivity contribution < 1.29 is 14.1 Å². The topological polar surface area (TPSA) is 83.7 Å². The standard InChI is InChI=1S/C20H29N5O3/c1-14-17(13-27-4)19(23-28-14)20(26)22-18-12-25(11-16(18)10-24(2)3)9-15-6-5-7-21-8-15/h5-8,16,18H,9-13H2,1-4H3,(H,22,26)/t16-,18-/m1/s1. The van der Waals surface area contributed by atoms with Crippen molar-refractivity contribution in [1.82, 2.24) is 25.3 Å². The number of aromatic nitrogens is 2. The molecule has 0 aliphatic carbocycles. The number of ether oxygens (including phenoxy) is 1. The predicted molar refractivity (Wildman–Crippen MR) is 105 cm³/mol. The second-order valence-electron chi connectivity index (χ2n) is 7.66. The lowest BCUT2D eigenvalue weighted by molar-refractivity contribution is 0.0913. The van der Waals surface area contributed by atoms with Gasteiger partial charge in [0.2, 0.25) is 0 Å². The summed E-state index contributed by atoms with van der Waals surface area (Å²) in [6.07, 6.45) is 3.67. The largest absolute Gasteiger partial charge is 0.380 e. The van der Waals surface area contributed by atoms with Crippen LogP contribution in [-0.2, 0) is 17.9 Å². The maximum atomic E-state index is 12.9. The summed E-state index contributed by atoms with van der Waals surface area (Å²) in [5, 5.41) is 7.13. The van der Waals surface area contributed by atoms with E-state index in [1.807, 2.05) is 12.3 Å². The normalized spacial score (nSPS) is 20.0. The molecule has 0 radical (unpaired) electrons. The third kappa shape index (κ3) is 4.95. The molecule has 8 heteroatoms. The number of nitrogens with zero attached hydrogens (tertiary/aromatic N) is 4. The number of hydrogen-bond donors (Lipinski definition) is 1. The predicted octanol–water partition coefficient (Wildman–Crippen LogP) is 1.32. The van der Waals surface area contributed by atoms with Gasteiger partial charge in [0.25, 0.3) is 5.91 Å². The molecule has 0 aromatic carbocycles. The number of rotatable bonds is 8. The zero-order valence-corrected chi connectivity index (χ0v) is 17.0. The van der Waals surface area contributed by atoms with Crippen molar-refractivity contribution in [2.45, 2.75) is 26.1 Å². The number of aryl methyl sites for hydroxylation is 1. The molecule has 2 aromatic heterocycles. The van der Waals surface area contributed by atoms with Crippen molar-refractivity contribution in [3.8, 4) is 0 Å². The molecular weight excluding hydrogens is 358 g/mol. The van der Waals surface area contributed by atoms with Gasteiger partial charge in [-0.25, -0.2) is 0 Å². The van der Waals surface area contributed by atoms with Crippen LogP contribution in [0.2, 0.25) is 0 Å². The molecule has 0 saturated carbocycles. The molecule has 1 saturated heterocycles. The fourth-order valence-electron chi connectivity index (χ4n) is 3.78. The molecular formula is C20H29N5O3. The minimum Gasteiger partial charge on any atom is -0.380 e. The van der Waals surface area contributed by atoms with Gasteiger partial charge in [-0.1, -0.05) is 11.2 Å². The van der Waals surface area contributed by atoms with E-state index in [0.717, 1.165) is 26.2 Å². The van der Waals surface area contributed by atoms with E-state index in [0.29, 0.717) is 29.5 Å². The van der Waals surface area contributed by atoms with Crippen molar-refractivity contribution in [2.75, 3.05) is 40.8 Å². The van der Waals surface area contributed by atoms with Crippen LogP contribution < -0.4 is 5.32 Å². The van der Waals surface area contributed by atoms with Crippen molar-refractivity contribution in [2.24, 2.45) is 5.92 Å². The first kappa shape index (κ1) is 20.4. The summed E-state index contributed by atoms with van der Waals surface area (Å²) in [6.45, 7) is 5.52. The summed E-state index contributed by atoms with van der Waals surface area (Å²) in [5.41, 5.74) is 2.19. The first-order chi connectivity index (χ1) is 13.5. The van der Waals surface area contributed by atoms with E-state index >= 15 is 0 Å². The molecule has 3 rings (SSSR count). The SMILES string of the molecule is COCc1c(C(=O)N[C@@H]2CN(Cc3cccnc3)C[C@H]2CN(C)C)noc1C. The maximum absolute atomic E-state index is 12.9. The Labute approximate surface area is 165 Å². The highest BCUT2D eigenvalue weighted by Crippen LogP contribution is 2.21. The van der Waals surface area contributed by atoms with Gasteiger partial charge >= 0.3 is 0 Å². The number of hydrogen-bond acceptors (Lipinski definition) is 7. The second-order valence-corrected chi connectivity index (χ2v) is 7.66. The molecule has 28 heavy (non-hydrogen) atoms. The van der Waals surface area contributed by atoms with Gasteiger partial charge in [0.05, 0.1) is 12.2 Å². The summed E-state index contributed by atoms with van der Waals surface area (Å²) in [6, 6.07) is 4.07. The van der Waals surface area contributed by atoms with Gasteiger partial charge in [-0.2, -0.15) is 0 Å². The van der Waals surface area contributed by atoms with Crippen LogP contribution in [0, 0.1) is 12.8 Å². The lowest BCUT2D eigenvalue weighted by atomic mass is 10.0. The molecule has 0 unspecified atom stereocenters. The molecule has 1 amide bonds. The molecule has 2 aromatic rings. The van der Waals surface area contributed by atoms with E-state index in [4.69, 9.17) is 9.26 Å². The summed E-state index contributed by atoms with van der Waals surface area (Å²) >= 11 is 0. The third-order valence-electron chi connectivity index (χ3n) is 5.05. The average Bonchev–Trinajstić information content (AvgIpc) is 3.19. The quantitative estimate of drug-likeness (QED) is 0.731. The molecule has 0 bridgehead atoms. The lowest BCUT2D eigenvalue weighted by Gasteiger charge is -2.22. The zero-order chi connectivity index (χ0) is 20.1. The second kappa shape index (κ2) is 9.27. The minimum atomic E-state index is -0.208. The highest BCUT2D eigenvalue weighted by atomic mass is 16.5. The maximum Gasteiger partial charge on any atom is 0.274 e. The number of pyridine rings is 1. The molecule has 1 fully saturated rings. The Morgan fingerprint density at radius 2 is 2.25 bits per heavy atom. The van der Waals surface area contributed by atoms with Crippen molar-refractivity contribution in [1.29, 1.82) is 0 Å². The van der Waals surface area contributed by atoms with Crippen LogP contribution in [-0.4, -0.2) is 72.7 Å². The highest BCUT2D eigenvalue weighted by Gasteiger charge is 2.35. The number of carbonyl (C=O) groups is 1. The van der Waals surface area contributed by atoms with Gasteiger partial charge in [-0.05, 0) is 32.6 Å². The van der Waals surface area contributed by atoms with Crippen molar-refractivity contribution >= 4 is 5.91 Å². The summed E-state index contributed by atoms with van der Waals surface area (Å²) in [7, 11) is 5.70. The number of nitrogens with one attached hydrogen (secondary N) is 1. The minimum absolute atomic E-state index is 0.0407. The van der Waals surface area contributed by atoms with E-state index in [2.05, 4.69) is 45.4 Å². The fraction of sp³-hybridized carbons (Fsp3) is 0.550. The Bertz CT molecular complexity index is 777. The van der Waals surface area contributed by atoms with Crippen LogP contribution in [0.4, 0.5) is 0 Å². The molecule has 8 nitrogen and oxygen atoms in total. The molecule has 1 aliphatic heterocycles. The lowest BCUT2D eigenvalue weighted by Crippen LogP contribution is -2.43. The smallest absolute Gasteiger partial charge is 0.274 e. The van der Waals surface area contributed by atoms with Crippen LogP contribution in [0.1, 0.15) is 27.4 Å². The van der Waals surface area contributed by atoms with Crippen molar-refractivity contribution in [3.05, 3.63) is 47.1 Å². The fourth-order valence-corrected chi connectivity index (χ4v) is 3.78. The van der Waals surface area contributed by atoms with Gasteiger partial charge in [-0.3, -0.25) is 14.7 Å². The Morgan fingerprint density at radius 3 is 2.93 bits per heavy atom. The van der Waals surface area contributed by atoms with Crippen LogP contribution in [0.25, 0.3) is 0 Å². The average molecular weight is 387 g/mol. The van der Waals surface area contributed by atoms with E-state index < -0.39 is 0 Å². The molecule has 0 spiro atoms. The molecule has 1 N–H and O–H groups in total. The van der Waals surface area contributed by atoms with Gasteiger partial charge in [0.1, 0.15) is 5.76 Å². The number of likely N-dealkylation sites (tertiary alicyclic amines) is 1. The van der Waals surface area contributed by atoms with Crippen LogP contribution in [0.5, 0.6) is 0 Å². The molecule has 3 heterocycles. The van der Waals surface area contributed by atoms with Crippen LogP contribution in [0.3, 0.4) is 0 Å². The first-order valence-corrected chi connectivity index (χ1v) is 9.48. The Morgan fingerprint density at radius 1 is 1.43 bits per heavy atom. The monoisotopic (exact) mass is 387 g/mol. The van der Waals surface area contributed by atoms with Crippen molar-refractivity contribution in [3.63, 3.8) is 0 Å². The number of methoxy groups -OCH3 is 1. The first-order valence-electron chi connectivity index (χ1n) is 9.48. The van der Waals surface area contributed by atoms with Gasteiger partial charge in [0.15, 0.2) is 5.69 Å². The van der Waals surface area contributed by atoms with Crippen LogP contribution in [0.15, 0.2) is 29.0 Å². The molecule has 2 atom stereocenters. The zero-order valence-electron chi connectivity index (χ0n) is 17.0. The van der Waals surface area contributed by atoms with Gasteiger partial charge in [-0.15, -0.1) is 0 Å².